The van der Waals surface area contributed by atoms with Crippen molar-refractivity contribution in [3.63, 3.8) is 0 Å². The molecule has 0 amide bonds. The van der Waals surface area contributed by atoms with Gasteiger partial charge in [0.2, 0.25) is 0 Å². The molecule has 0 bridgehead atoms. The summed E-state index contributed by atoms with van der Waals surface area (Å²) in [6.45, 7) is 17.2. The summed E-state index contributed by atoms with van der Waals surface area (Å²) in [7, 11) is 0. The van der Waals surface area contributed by atoms with Crippen LogP contribution in [0.15, 0.2) is 0 Å². The van der Waals surface area contributed by atoms with Gasteiger partial charge in [-0.2, -0.15) is 14.7 Å². The Morgan fingerprint density at radius 1 is 0.593 bits per heavy atom. The van der Waals surface area contributed by atoms with Crippen molar-refractivity contribution >= 4 is 0 Å². The summed E-state index contributed by atoms with van der Waals surface area (Å²) in [5, 5.41) is 11.3. The molecule has 0 aliphatic heterocycles. The van der Waals surface area contributed by atoms with Crippen LogP contribution in [0.5, 0.6) is 17.5 Å². The van der Waals surface area contributed by atoms with E-state index in [-0.39, 0.29) is 17.5 Å². The van der Waals surface area contributed by atoms with Gasteiger partial charge in [-0.05, 0) is 66.0 Å². The highest BCUT2D eigenvalue weighted by Gasteiger charge is 2.29. The predicted octanol–water partition coefficient (Wildman–Crippen LogP) is 4.37. The highest BCUT2D eigenvalue weighted by atomic mass is 17.2. The average molecular weight is 387 g/mol. The summed E-state index contributed by atoms with van der Waals surface area (Å²) >= 11 is 0. The molecule has 1 rings (SSSR count). The van der Waals surface area contributed by atoms with Crippen LogP contribution in [0.25, 0.3) is 0 Å². The van der Waals surface area contributed by atoms with Crippen molar-refractivity contribution in [1.29, 1.82) is 0 Å². The second-order valence-electron chi connectivity index (χ2n) is 8.07. The smallest absolute Gasteiger partial charge is 0.325 e. The van der Waals surface area contributed by atoms with E-state index >= 15 is 0 Å². The monoisotopic (exact) mass is 387 g/mol. The first-order valence-electron chi connectivity index (χ1n) is 9.25. The lowest BCUT2D eigenvalue weighted by molar-refractivity contribution is -0.311. The lowest BCUT2D eigenvalue weighted by Crippen LogP contribution is -2.28. The molecule has 1 aromatic rings. The van der Waals surface area contributed by atoms with E-state index in [9.17, 15) is 0 Å². The lowest BCUT2D eigenvalue weighted by atomic mass is 10.1. The zero-order valence-electron chi connectivity index (χ0n) is 17.9. The molecule has 0 aromatic carbocycles. The third-order valence-electron chi connectivity index (χ3n) is 4.26. The second-order valence-corrected chi connectivity index (χ2v) is 8.07. The number of aromatic nitrogens is 3. The first kappa shape index (κ1) is 23.3. The Hall–Kier alpha value is -1.71. The molecule has 0 spiro atoms. The summed E-state index contributed by atoms with van der Waals surface area (Å²) < 4.78 is 0. The van der Waals surface area contributed by atoms with E-state index in [0.717, 1.165) is 12.8 Å². The molecular weight excluding hydrogens is 354 g/mol. The molecule has 0 unspecified atom stereocenters. The molecule has 1 heterocycles. The summed E-state index contributed by atoms with van der Waals surface area (Å²) in [5.74, 6) is -0.178. The fourth-order valence-corrected chi connectivity index (χ4v) is 1.10. The Bertz CT molecular complexity index is 554. The zero-order chi connectivity index (χ0) is 20.7. The van der Waals surface area contributed by atoms with Crippen LogP contribution in [0, 0.1) is 0 Å². The number of rotatable bonds is 12. The van der Waals surface area contributed by atoms with Crippen molar-refractivity contribution in [2.75, 3.05) is 0 Å². The van der Waals surface area contributed by atoms with E-state index in [1.807, 2.05) is 62.3 Å². The standard InChI is InChI=1S/C18H33N3O6/c1-10-16(4,5)25-22-13-14(23-26-17(6,7)11-2)19-21-20-15(13)24-27-18(8,9)12-3/h10-12H2,1-9H3. The van der Waals surface area contributed by atoms with Crippen molar-refractivity contribution in [3.8, 4) is 17.5 Å². The van der Waals surface area contributed by atoms with Gasteiger partial charge in [-0.15, -0.1) is 0 Å². The maximum Gasteiger partial charge on any atom is 0.328 e. The molecule has 0 aliphatic rings. The minimum atomic E-state index is -0.551. The quantitative estimate of drug-likeness (QED) is 0.383. The van der Waals surface area contributed by atoms with Gasteiger partial charge in [-0.1, -0.05) is 31.0 Å². The first-order chi connectivity index (χ1) is 12.5. The maximum absolute atomic E-state index is 5.48. The van der Waals surface area contributed by atoms with Crippen molar-refractivity contribution < 1.29 is 29.3 Å². The fraction of sp³-hybridized carbons (Fsp3) is 0.833. The van der Waals surface area contributed by atoms with Crippen LogP contribution in [0.1, 0.15) is 81.6 Å². The fourth-order valence-electron chi connectivity index (χ4n) is 1.10. The number of nitrogens with zero attached hydrogens (tertiary/aromatic N) is 3. The molecule has 0 radical (unpaired) electrons. The molecule has 156 valence electrons. The molecule has 0 aliphatic carbocycles. The van der Waals surface area contributed by atoms with Gasteiger partial charge in [-0.25, -0.2) is 0 Å². The van der Waals surface area contributed by atoms with Crippen LogP contribution in [0.3, 0.4) is 0 Å². The molecule has 1 aromatic heterocycles. The van der Waals surface area contributed by atoms with Gasteiger partial charge >= 0.3 is 11.8 Å². The van der Waals surface area contributed by atoms with Crippen LogP contribution in [-0.2, 0) is 14.7 Å². The lowest BCUT2D eigenvalue weighted by Gasteiger charge is -2.24. The molecule has 0 saturated carbocycles. The highest BCUT2D eigenvalue weighted by Crippen LogP contribution is 2.36. The number of hydrogen-bond donors (Lipinski definition) is 0. The molecule has 9 nitrogen and oxygen atoms in total. The van der Waals surface area contributed by atoms with E-state index in [0.29, 0.717) is 6.42 Å². The molecule has 9 heteroatoms. The van der Waals surface area contributed by atoms with E-state index in [1.165, 1.54) is 0 Å². The average Bonchev–Trinajstić information content (AvgIpc) is 2.63. The van der Waals surface area contributed by atoms with Crippen molar-refractivity contribution in [2.45, 2.75) is 98.4 Å². The van der Waals surface area contributed by atoms with Crippen LogP contribution in [0.2, 0.25) is 0 Å². The van der Waals surface area contributed by atoms with Crippen molar-refractivity contribution in [1.82, 2.24) is 15.4 Å². The molecule has 0 atom stereocenters. The van der Waals surface area contributed by atoms with Gasteiger partial charge in [0, 0.05) is 0 Å². The third kappa shape index (κ3) is 7.82. The summed E-state index contributed by atoms with van der Waals surface area (Å²) in [4.78, 5) is 32.4. The topological polar surface area (TPSA) is 94.1 Å². The van der Waals surface area contributed by atoms with E-state index in [4.69, 9.17) is 29.3 Å². The number of hydrogen-bond acceptors (Lipinski definition) is 9. The second kappa shape index (κ2) is 9.48. The summed E-state index contributed by atoms with van der Waals surface area (Å²) in [6.07, 6.45) is 2.15. The van der Waals surface area contributed by atoms with Crippen LogP contribution in [0.4, 0.5) is 0 Å². The first-order valence-corrected chi connectivity index (χ1v) is 9.25. The Morgan fingerprint density at radius 2 is 0.926 bits per heavy atom. The summed E-state index contributed by atoms with van der Waals surface area (Å²) in [5.41, 5.74) is -1.62. The molecule has 0 saturated heterocycles. The van der Waals surface area contributed by atoms with E-state index < -0.39 is 16.8 Å². The minimum Gasteiger partial charge on any atom is -0.325 e. The van der Waals surface area contributed by atoms with Gasteiger partial charge < -0.3 is 14.7 Å². The van der Waals surface area contributed by atoms with Gasteiger partial charge in [0.05, 0.1) is 0 Å². The highest BCUT2D eigenvalue weighted by molar-refractivity contribution is 5.39. The summed E-state index contributed by atoms with van der Waals surface area (Å²) in [6, 6.07) is 0. The minimum absolute atomic E-state index is 0.0228. The van der Waals surface area contributed by atoms with E-state index in [2.05, 4.69) is 15.4 Å². The Kier molecular flexibility index (Phi) is 8.19. The largest absolute Gasteiger partial charge is 0.328 e. The Morgan fingerprint density at radius 3 is 1.26 bits per heavy atom. The van der Waals surface area contributed by atoms with Crippen LogP contribution < -0.4 is 14.7 Å². The van der Waals surface area contributed by atoms with Crippen LogP contribution in [-0.4, -0.2) is 32.2 Å². The molecule has 0 fully saturated rings. The normalized spacial score (nSPS) is 12.8. The van der Waals surface area contributed by atoms with Crippen molar-refractivity contribution in [2.24, 2.45) is 0 Å². The molecule has 0 N–H and O–H groups in total. The van der Waals surface area contributed by atoms with Crippen molar-refractivity contribution in [3.05, 3.63) is 0 Å². The van der Waals surface area contributed by atoms with Gasteiger partial charge in [0.25, 0.3) is 5.75 Å². The Balaban J connectivity index is 3.07. The predicted molar refractivity (Wildman–Crippen MR) is 98.1 cm³/mol. The van der Waals surface area contributed by atoms with E-state index in [1.54, 1.807) is 0 Å². The molecule has 27 heavy (non-hydrogen) atoms. The van der Waals surface area contributed by atoms with Gasteiger partial charge in [-0.3, -0.25) is 0 Å². The zero-order valence-corrected chi connectivity index (χ0v) is 17.9. The third-order valence-corrected chi connectivity index (χ3v) is 4.26. The van der Waals surface area contributed by atoms with Gasteiger partial charge in [0.15, 0.2) is 0 Å². The van der Waals surface area contributed by atoms with Gasteiger partial charge in [0.1, 0.15) is 16.8 Å². The molecular formula is C18H33N3O6. The Labute approximate surface area is 161 Å². The SMILES string of the molecule is CCC(C)(C)OOc1nnnc(OOC(C)(C)CC)c1OOC(C)(C)CC. The van der Waals surface area contributed by atoms with Crippen LogP contribution >= 0.6 is 0 Å². The maximum atomic E-state index is 5.48.